The van der Waals surface area contributed by atoms with Gasteiger partial charge in [-0.3, -0.25) is 9.13 Å². The molecule has 6 nitrogen and oxygen atoms in total. The highest BCUT2D eigenvalue weighted by Crippen LogP contribution is 2.54. The molecule has 0 aromatic heterocycles. The van der Waals surface area contributed by atoms with Crippen molar-refractivity contribution in [3.05, 3.63) is 0 Å². The van der Waals surface area contributed by atoms with E-state index in [1.54, 1.807) is 7.11 Å². The number of methoxy groups -OCH3 is 1. The third-order valence-corrected chi connectivity index (χ3v) is 5.25. The van der Waals surface area contributed by atoms with Crippen LogP contribution in [0, 0.1) is 0 Å². The Morgan fingerprint density at radius 2 is 1.81 bits per heavy atom. The second-order valence-corrected chi connectivity index (χ2v) is 8.25. The maximum Gasteiger partial charge on any atom is 0.265 e. The van der Waals surface area contributed by atoms with Crippen molar-refractivity contribution in [2.75, 3.05) is 7.11 Å². The normalized spacial score (nSPS) is 37.9. The molecule has 10 heteroatoms. The molecule has 0 aliphatic carbocycles. The highest BCUT2D eigenvalue weighted by Gasteiger charge is 2.64. The first-order chi connectivity index (χ1) is 9.78. The van der Waals surface area contributed by atoms with Gasteiger partial charge in [0.2, 0.25) is 0 Å². The smallest absolute Gasteiger partial charge is 0.265 e. The Bertz CT molecular complexity index is 426. The van der Waals surface area contributed by atoms with Crippen molar-refractivity contribution < 1.29 is 28.1 Å². The van der Waals surface area contributed by atoms with Crippen molar-refractivity contribution in [3.8, 4) is 0 Å². The van der Waals surface area contributed by atoms with Gasteiger partial charge in [0.25, 0.3) is 12.9 Å². The highest BCUT2D eigenvalue weighted by atomic mass is 31.1. The summed E-state index contributed by atoms with van der Waals surface area (Å²) < 4.78 is 45.9. The summed E-state index contributed by atoms with van der Waals surface area (Å²) in [5.74, 6) is -2.01. The lowest BCUT2D eigenvalue weighted by Crippen LogP contribution is -2.45. The Kier molecular flexibility index (Phi) is 5.30. The first kappa shape index (κ1) is 17.5. The van der Waals surface area contributed by atoms with Gasteiger partial charge in [-0.2, -0.15) is 0 Å². The van der Waals surface area contributed by atoms with Crippen molar-refractivity contribution in [2.24, 2.45) is 0 Å². The Hall–Kier alpha value is 0.170. The van der Waals surface area contributed by atoms with Crippen molar-refractivity contribution in [3.63, 3.8) is 0 Å². The number of ether oxygens (including phenoxy) is 4. The van der Waals surface area contributed by atoms with Gasteiger partial charge in [-0.1, -0.05) is 13.6 Å². The first-order valence-corrected chi connectivity index (χ1v) is 8.78. The molecular weight excluding hydrogens is 312 g/mol. The quantitative estimate of drug-likeness (QED) is 0.550. The fourth-order valence-electron chi connectivity index (χ4n) is 3.23. The lowest BCUT2D eigenvalue weighted by molar-refractivity contribution is -0.279. The summed E-state index contributed by atoms with van der Waals surface area (Å²) in [5, 5.41) is 0. The molecule has 2 fully saturated rings. The van der Waals surface area contributed by atoms with Crippen LogP contribution in [0.5, 0.6) is 0 Å². The van der Waals surface area contributed by atoms with Crippen molar-refractivity contribution >= 4 is 29.5 Å². The minimum absolute atomic E-state index is 0.00373. The summed E-state index contributed by atoms with van der Waals surface area (Å²) >= 11 is 0. The molecule has 2 heterocycles. The zero-order valence-electron chi connectivity index (χ0n) is 12.9. The van der Waals surface area contributed by atoms with E-state index in [-0.39, 0.29) is 41.5 Å². The van der Waals surface area contributed by atoms with E-state index in [1.807, 2.05) is 27.5 Å². The van der Waals surface area contributed by atoms with Crippen molar-refractivity contribution in [1.29, 1.82) is 0 Å². The fraction of sp³-hybridized carbons (Fsp3) is 1.00. The van der Waals surface area contributed by atoms with Crippen LogP contribution < -0.4 is 0 Å². The first-order valence-electron chi connectivity index (χ1n) is 7.02. The van der Waals surface area contributed by atoms with Crippen LogP contribution in [-0.4, -0.2) is 43.9 Å². The maximum atomic E-state index is 11.4. The van der Waals surface area contributed by atoms with E-state index in [1.165, 1.54) is 0 Å². The Balaban J connectivity index is 2.32. The van der Waals surface area contributed by atoms with Crippen LogP contribution in [-0.2, 0) is 28.1 Å². The molecule has 0 spiro atoms. The average molecular weight is 332 g/mol. The molecule has 2 rings (SSSR count). The molecule has 4 atom stereocenters. The molecule has 0 aromatic rings. The van der Waals surface area contributed by atoms with Gasteiger partial charge in [0.1, 0.15) is 6.10 Å². The van der Waals surface area contributed by atoms with E-state index in [0.29, 0.717) is 6.32 Å². The fourth-order valence-corrected chi connectivity index (χ4v) is 4.08. The SMILES string of the molecule is CO[C@]1(CB(C)P=O)O[C@@H]2OC(C)(C)O[C@@H]2[C@@H]1B(C)P=O. The van der Waals surface area contributed by atoms with E-state index in [4.69, 9.17) is 18.9 Å². The largest absolute Gasteiger partial charge is 0.354 e. The van der Waals surface area contributed by atoms with Crippen molar-refractivity contribution in [2.45, 2.75) is 63.6 Å². The van der Waals surface area contributed by atoms with E-state index in [2.05, 4.69) is 0 Å². The molecule has 0 unspecified atom stereocenters. The monoisotopic (exact) mass is 332 g/mol. The van der Waals surface area contributed by atoms with Crippen LogP contribution in [0.25, 0.3) is 0 Å². The molecule has 116 valence electrons. The average Bonchev–Trinajstić information content (AvgIpc) is 2.86. The molecule has 0 saturated carbocycles. The minimum atomic E-state index is -1.00. The maximum absolute atomic E-state index is 11.4. The number of hydrogen-bond donors (Lipinski definition) is 0. The second-order valence-electron chi connectivity index (χ2n) is 6.13. The summed E-state index contributed by atoms with van der Waals surface area (Å²) in [6, 6.07) is 0. The van der Waals surface area contributed by atoms with Crippen LogP contribution in [0.1, 0.15) is 13.8 Å². The van der Waals surface area contributed by atoms with E-state index >= 15 is 0 Å². The zero-order chi connectivity index (χ0) is 15.8. The van der Waals surface area contributed by atoms with Gasteiger partial charge >= 0.3 is 0 Å². The summed E-state index contributed by atoms with van der Waals surface area (Å²) in [4.78, 5) is 0. The molecule has 0 N–H and O–H groups in total. The molecule has 0 aromatic carbocycles. The molecule has 0 bridgehead atoms. The Labute approximate surface area is 129 Å². The molecular formula is C11H20B2O6P2. The van der Waals surface area contributed by atoms with Gasteiger partial charge in [0.15, 0.2) is 17.9 Å². The van der Waals surface area contributed by atoms with Crippen LogP contribution in [0.4, 0.5) is 0 Å². The predicted molar refractivity (Wildman–Crippen MR) is 81.7 cm³/mol. The topological polar surface area (TPSA) is 71.1 Å². The predicted octanol–water partition coefficient (Wildman–Crippen LogP) is 3.03. The molecule has 0 radical (unpaired) electrons. The molecule has 2 aliphatic heterocycles. The van der Waals surface area contributed by atoms with Crippen molar-refractivity contribution in [1.82, 2.24) is 0 Å². The summed E-state index contributed by atoms with van der Waals surface area (Å²) in [6.07, 6.45) is -0.876. The summed E-state index contributed by atoms with van der Waals surface area (Å²) in [7, 11) is 1.56. The summed E-state index contributed by atoms with van der Waals surface area (Å²) in [5.41, 5.74) is 0. The van der Waals surface area contributed by atoms with E-state index < -0.39 is 17.9 Å². The number of fused-ring (bicyclic) bond motifs is 1. The van der Waals surface area contributed by atoms with Gasteiger partial charge in [-0.15, -0.1) is 0 Å². The zero-order valence-corrected chi connectivity index (χ0v) is 14.7. The summed E-state index contributed by atoms with van der Waals surface area (Å²) in [6.45, 7) is 7.33. The van der Waals surface area contributed by atoms with Crippen LogP contribution in [0.3, 0.4) is 0 Å². The van der Waals surface area contributed by atoms with Gasteiger partial charge in [0.05, 0.1) is 16.7 Å². The molecule has 0 amide bonds. The van der Waals surface area contributed by atoms with Crippen LogP contribution >= 0.6 is 16.7 Å². The Morgan fingerprint density at radius 3 is 2.33 bits per heavy atom. The van der Waals surface area contributed by atoms with E-state index in [0.717, 1.165) is 0 Å². The standard InChI is InChI=1S/C11H20B2O6P2/c1-10(2)17-7-8(13(4)21-15)11(16-5,6-12(3)20-14)19-9(7)18-10/h7-9H,6H2,1-5H3/t7-,8+,9+,11-/m1/s1. The van der Waals surface area contributed by atoms with E-state index in [9.17, 15) is 9.13 Å². The molecule has 2 saturated heterocycles. The lowest BCUT2D eigenvalue weighted by Gasteiger charge is -2.36. The van der Waals surface area contributed by atoms with Crippen LogP contribution in [0.2, 0.25) is 25.8 Å². The van der Waals surface area contributed by atoms with Gasteiger partial charge in [-0.05, 0) is 20.2 Å². The third-order valence-electron chi connectivity index (χ3n) is 4.06. The Morgan fingerprint density at radius 1 is 1.14 bits per heavy atom. The molecule has 21 heavy (non-hydrogen) atoms. The third kappa shape index (κ3) is 3.26. The lowest BCUT2D eigenvalue weighted by atomic mass is 9.55. The van der Waals surface area contributed by atoms with Crippen LogP contribution in [0.15, 0.2) is 0 Å². The highest BCUT2D eigenvalue weighted by molar-refractivity contribution is 7.67. The molecule has 2 aliphatic rings. The van der Waals surface area contributed by atoms with Gasteiger partial charge in [0, 0.05) is 12.9 Å². The number of hydrogen-bond acceptors (Lipinski definition) is 6. The number of rotatable bonds is 6. The van der Waals surface area contributed by atoms with Gasteiger partial charge in [-0.25, -0.2) is 0 Å². The second kappa shape index (κ2) is 6.35. The van der Waals surface area contributed by atoms with Gasteiger partial charge < -0.3 is 18.9 Å². The minimum Gasteiger partial charge on any atom is -0.354 e.